The molecule has 1 saturated heterocycles. The number of rotatable bonds is 3. The minimum absolute atomic E-state index is 0.199. The van der Waals surface area contributed by atoms with Crippen LogP contribution in [0.3, 0.4) is 0 Å². The summed E-state index contributed by atoms with van der Waals surface area (Å²) in [6.45, 7) is -0.658. The number of hydrogen-bond donors (Lipinski definition) is 1. The topological polar surface area (TPSA) is 62.3 Å². The van der Waals surface area contributed by atoms with Crippen LogP contribution in [0.2, 0.25) is 0 Å². The van der Waals surface area contributed by atoms with E-state index in [1.54, 1.807) is 4.90 Å². The van der Waals surface area contributed by atoms with Crippen molar-refractivity contribution in [2.75, 3.05) is 19.6 Å². The molecule has 1 N–H and O–H groups in total. The lowest BCUT2D eigenvalue weighted by Crippen LogP contribution is -2.44. The number of amides is 2. The van der Waals surface area contributed by atoms with E-state index in [0.717, 1.165) is 10.2 Å². The number of hydrogen-bond acceptors (Lipinski definition) is 4. The average molecular weight is 371 g/mol. The molecule has 1 aromatic carbocycles. The van der Waals surface area contributed by atoms with Crippen molar-refractivity contribution in [2.24, 2.45) is 5.92 Å². The molecule has 9 heteroatoms. The number of benzene rings is 1. The molecule has 1 aromatic heterocycles. The average Bonchev–Trinajstić information content (AvgIpc) is 3.02. The quantitative estimate of drug-likeness (QED) is 0.903. The summed E-state index contributed by atoms with van der Waals surface area (Å²) in [5.41, 5.74) is 0.761. The number of carbonyl (C=O) groups is 2. The lowest BCUT2D eigenvalue weighted by molar-refractivity contribution is -0.141. The van der Waals surface area contributed by atoms with Crippen LogP contribution in [-0.2, 0) is 4.79 Å². The first-order chi connectivity index (χ1) is 11.8. The molecular weight excluding hydrogens is 355 g/mol. The number of likely N-dealkylation sites (tertiary alicyclic amines) is 1. The van der Waals surface area contributed by atoms with Crippen molar-refractivity contribution >= 4 is 33.4 Å². The molecule has 2 heterocycles. The minimum atomic E-state index is -4.42. The monoisotopic (exact) mass is 371 g/mol. The van der Waals surface area contributed by atoms with Gasteiger partial charge in [0.2, 0.25) is 5.91 Å². The number of para-hydroxylation sites is 1. The van der Waals surface area contributed by atoms with Crippen LogP contribution in [-0.4, -0.2) is 47.5 Å². The lowest BCUT2D eigenvalue weighted by Gasteiger charge is -2.30. The number of alkyl halides is 3. The summed E-state index contributed by atoms with van der Waals surface area (Å²) in [6, 6.07) is 7.45. The van der Waals surface area contributed by atoms with Crippen LogP contribution in [0.5, 0.6) is 0 Å². The maximum absolute atomic E-state index is 12.5. The standard InChI is InChI=1S/C16H16F3N3O2S/c17-16(18,19)9-20-13(23)10-5-7-22(8-6-10)15(24)14-21-11-3-1-2-4-12(11)25-14/h1-4,10H,5-9H2,(H,20,23). The van der Waals surface area contributed by atoms with Crippen molar-refractivity contribution in [3.05, 3.63) is 29.3 Å². The zero-order valence-electron chi connectivity index (χ0n) is 13.2. The molecule has 134 valence electrons. The van der Waals surface area contributed by atoms with Crippen LogP contribution in [0.25, 0.3) is 10.2 Å². The van der Waals surface area contributed by atoms with E-state index < -0.39 is 24.5 Å². The summed E-state index contributed by atoms with van der Waals surface area (Å²) in [5.74, 6) is -1.30. The summed E-state index contributed by atoms with van der Waals surface area (Å²) in [4.78, 5) is 30.2. The number of thiazole rings is 1. The number of nitrogens with zero attached hydrogens (tertiary/aromatic N) is 2. The SMILES string of the molecule is O=C(NCC(F)(F)F)C1CCN(C(=O)c2nc3ccccc3s2)CC1. The zero-order chi connectivity index (χ0) is 18.0. The molecule has 1 aliphatic rings. The maximum Gasteiger partial charge on any atom is 0.405 e. The normalized spacial score (nSPS) is 16.2. The van der Waals surface area contributed by atoms with Gasteiger partial charge in [0.05, 0.1) is 10.2 Å². The molecule has 0 unspecified atom stereocenters. The third kappa shape index (κ3) is 4.28. The van der Waals surface area contributed by atoms with E-state index in [4.69, 9.17) is 0 Å². The molecule has 5 nitrogen and oxygen atoms in total. The van der Waals surface area contributed by atoms with Crippen LogP contribution >= 0.6 is 11.3 Å². The fourth-order valence-corrected chi connectivity index (χ4v) is 3.71. The number of aromatic nitrogens is 1. The second kappa shape index (κ2) is 6.99. The molecule has 2 amide bonds. The van der Waals surface area contributed by atoms with Gasteiger partial charge in [-0.05, 0) is 25.0 Å². The fourth-order valence-electron chi connectivity index (χ4n) is 2.78. The lowest BCUT2D eigenvalue weighted by atomic mass is 9.96. The van der Waals surface area contributed by atoms with Gasteiger partial charge in [-0.25, -0.2) is 4.98 Å². The third-order valence-electron chi connectivity index (χ3n) is 4.09. The van der Waals surface area contributed by atoms with E-state index in [0.29, 0.717) is 30.9 Å². The Morgan fingerprint density at radius 2 is 1.92 bits per heavy atom. The molecule has 0 bridgehead atoms. The number of piperidine rings is 1. The van der Waals surface area contributed by atoms with E-state index >= 15 is 0 Å². The second-order valence-electron chi connectivity index (χ2n) is 5.89. The maximum atomic E-state index is 12.5. The molecular formula is C16H16F3N3O2S. The first-order valence-corrected chi connectivity index (χ1v) is 8.64. The Balaban J connectivity index is 1.56. The van der Waals surface area contributed by atoms with Crippen molar-refractivity contribution in [1.29, 1.82) is 0 Å². The van der Waals surface area contributed by atoms with Crippen LogP contribution in [0.15, 0.2) is 24.3 Å². The van der Waals surface area contributed by atoms with Crippen molar-refractivity contribution < 1.29 is 22.8 Å². The summed E-state index contributed by atoms with van der Waals surface area (Å²) < 4.78 is 37.4. The van der Waals surface area contributed by atoms with E-state index in [9.17, 15) is 22.8 Å². The highest BCUT2D eigenvalue weighted by Gasteiger charge is 2.32. The van der Waals surface area contributed by atoms with Gasteiger partial charge in [-0.1, -0.05) is 12.1 Å². The predicted molar refractivity (Wildman–Crippen MR) is 87.3 cm³/mol. The van der Waals surface area contributed by atoms with Crippen molar-refractivity contribution in [2.45, 2.75) is 19.0 Å². The largest absolute Gasteiger partial charge is 0.405 e. The van der Waals surface area contributed by atoms with Gasteiger partial charge in [0.25, 0.3) is 5.91 Å². The smallest absolute Gasteiger partial charge is 0.347 e. The molecule has 25 heavy (non-hydrogen) atoms. The Kier molecular flexibility index (Phi) is 4.94. The number of nitrogens with one attached hydrogen (secondary N) is 1. The van der Waals surface area contributed by atoms with Gasteiger partial charge in [0.15, 0.2) is 5.01 Å². The molecule has 0 atom stereocenters. The van der Waals surface area contributed by atoms with Crippen LogP contribution in [0.4, 0.5) is 13.2 Å². The number of fused-ring (bicyclic) bond motifs is 1. The van der Waals surface area contributed by atoms with Crippen molar-refractivity contribution in [3.8, 4) is 0 Å². The molecule has 1 aliphatic heterocycles. The Morgan fingerprint density at radius 1 is 1.24 bits per heavy atom. The molecule has 0 spiro atoms. The van der Waals surface area contributed by atoms with Gasteiger partial charge < -0.3 is 10.2 Å². The number of carbonyl (C=O) groups excluding carboxylic acids is 2. The van der Waals surface area contributed by atoms with E-state index in [-0.39, 0.29) is 5.91 Å². The van der Waals surface area contributed by atoms with E-state index in [1.165, 1.54) is 11.3 Å². The first-order valence-electron chi connectivity index (χ1n) is 7.83. The van der Waals surface area contributed by atoms with Gasteiger partial charge in [0.1, 0.15) is 6.54 Å². The molecule has 0 radical (unpaired) electrons. The predicted octanol–water partition coefficient (Wildman–Crippen LogP) is 2.83. The molecule has 0 aliphatic carbocycles. The number of halogens is 3. The Morgan fingerprint density at radius 3 is 2.56 bits per heavy atom. The van der Waals surface area contributed by atoms with Gasteiger partial charge in [-0.15, -0.1) is 11.3 Å². The van der Waals surface area contributed by atoms with Crippen LogP contribution in [0, 0.1) is 5.92 Å². The fraction of sp³-hybridized carbons (Fsp3) is 0.438. The molecule has 0 saturated carbocycles. The summed E-state index contributed by atoms with van der Waals surface area (Å²) in [6.07, 6.45) is -3.72. The Labute approximate surface area is 145 Å². The molecule has 2 aromatic rings. The van der Waals surface area contributed by atoms with E-state index in [2.05, 4.69) is 4.98 Å². The van der Waals surface area contributed by atoms with Gasteiger partial charge in [-0.3, -0.25) is 9.59 Å². The molecule has 3 rings (SSSR count). The van der Waals surface area contributed by atoms with Gasteiger partial charge >= 0.3 is 6.18 Å². The van der Waals surface area contributed by atoms with Gasteiger partial charge in [-0.2, -0.15) is 13.2 Å². The highest BCUT2D eigenvalue weighted by atomic mass is 32.1. The first kappa shape index (κ1) is 17.7. The highest BCUT2D eigenvalue weighted by Crippen LogP contribution is 2.25. The zero-order valence-corrected chi connectivity index (χ0v) is 14.0. The Bertz CT molecular complexity index is 749. The van der Waals surface area contributed by atoms with Crippen molar-refractivity contribution in [1.82, 2.24) is 15.2 Å². The Hall–Kier alpha value is -2.16. The highest BCUT2D eigenvalue weighted by molar-refractivity contribution is 7.20. The third-order valence-corrected chi connectivity index (χ3v) is 5.12. The molecule has 1 fully saturated rings. The van der Waals surface area contributed by atoms with Crippen molar-refractivity contribution in [3.63, 3.8) is 0 Å². The van der Waals surface area contributed by atoms with Gasteiger partial charge in [0, 0.05) is 19.0 Å². The second-order valence-corrected chi connectivity index (χ2v) is 6.92. The summed E-state index contributed by atoms with van der Waals surface area (Å²) >= 11 is 1.31. The van der Waals surface area contributed by atoms with Crippen LogP contribution in [0.1, 0.15) is 22.6 Å². The van der Waals surface area contributed by atoms with E-state index in [1.807, 2.05) is 29.6 Å². The minimum Gasteiger partial charge on any atom is -0.347 e. The van der Waals surface area contributed by atoms with Crippen LogP contribution < -0.4 is 5.32 Å². The summed E-state index contributed by atoms with van der Waals surface area (Å²) in [7, 11) is 0. The summed E-state index contributed by atoms with van der Waals surface area (Å²) in [5, 5.41) is 2.30.